The van der Waals surface area contributed by atoms with Gasteiger partial charge in [0.05, 0.1) is 4.90 Å². The summed E-state index contributed by atoms with van der Waals surface area (Å²) in [4.78, 5) is 14.6. The SMILES string of the molecule is CC(C)[C@@H](NS(=O)(=O)c1ccc(Br)cc1)C(=O)N1CCC[C@H](N)C1. The fraction of sp³-hybridized carbons (Fsp3) is 0.562. The van der Waals surface area contributed by atoms with E-state index in [0.717, 1.165) is 17.3 Å². The number of carbonyl (C=O) groups excluding carboxylic acids is 1. The summed E-state index contributed by atoms with van der Waals surface area (Å²) >= 11 is 3.28. The summed E-state index contributed by atoms with van der Waals surface area (Å²) < 4.78 is 28.5. The van der Waals surface area contributed by atoms with E-state index in [4.69, 9.17) is 5.73 Å². The number of benzene rings is 1. The van der Waals surface area contributed by atoms with Crippen LogP contribution < -0.4 is 10.5 Å². The zero-order chi connectivity index (χ0) is 17.9. The lowest BCUT2D eigenvalue weighted by Gasteiger charge is -2.34. The molecule has 1 aromatic carbocycles. The van der Waals surface area contributed by atoms with Crippen molar-refractivity contribution in [2.24, 2.45) is 11.7 Å². The van der Waals surface area contributed by atoms with Gasteiger partial charge in [0.25, 0.3) is 0 Å². The second kappa shape index (κ2) is 7.95. The summed E-state index contributed by atoms with van der Waals surface area (Å²) in [6.45, 7) is 4.75. The molecule has 0 spiro atoms. The van der Waals surface area contributed by atoms with Crippen molar-refractivity contribution in [1.82, 2.24) is 9.62 Å². The molecular formula is C16H24BrN3O3S. The predicted molar refractivity (Wildman–Crippen MR) is 96.9 cm³/mol. The van der Waals surface area contributed by atoms with Gasteiger partial charge < -0.3 is 10.6 Å². The monoisotopic (exact) mass is 417 g/mol. The van der Waals surface area contributed by atoms with Gasteiger partial charge in [0, 0.05) is 23.6 Å². The highest BCUT2D eigenvalue weighted by Crippen LogP contribution is 2.18. The van der Waals surface area contributed by atoms with E-state index in [2.05, 4.69) is 20.7 Å². The molecule has 24 heavy (non-hydrogen) atoms. The summed E-state index contributed by atoms with van der Waals surface area (Å²) in [7, 11) is -3.77. The average molecular weight is 418 g/mol. The topological polar surface area (TPSA) is 92.5 Å². The number of sulfonamides is 1. The molecule has 0 bridgehead atoms. The van der Waals surface area contributed by atoms with Crippen LogP contribution in [0.4, 0.5) is 0 Å². The number of hydrogen-bond donors (Lipinski definition) is 2. The summed E-state index contributed by atoms with van der Waals surface area (Å²) in [5.74, 6) is -0.373. The Bertz CT molecular complexity index is 676. The van der Waals surface area contributed by atoms with Gasteiger partial charge in [-0.25, -0.2) is 8.42 Å². The van der Waals surface area contributed by atoms with Crippen LogP contribution in [0.2, 0.25) is 0 Å². The molecule has 6 nitrogen and oxygen atoms in total. The Morgan fingerprint density at radius 2 is 1.96 bits per heavy atom. The highest BCUT2D eigenvalue weighted by atomic mass is 79.9. The number of nitrogens with one attached hydrogen (secondary N) is 1. The minimum atomic E-state index is -3.77. The average Bonchev–Trinajstić information content (AvgIpc) is 2.52. The third-order valence-corrected chi connectivity index (χ3v) is 6.09. The molecule has 2 atom stereocenters. The van der Waals surface area contributed by atoms with Gasteiger partial charge in [0.1, 0.15) is 6.04 Å². The van der Waals surface area contributed by atoms with Gasteiger partial charge in [-0.15, -0.1) is 0 Å². The zero-order valence-electron chi connectivity index (χ0n) is 13.9. The number of nitrogens with zero attached hydrogens (tertiary/aromatic N) is 1. The third kappa shape index (κ3) is 4.78. The van der Waals surface area contributed by atoms with Gasteiger partial charge in [-0.1, -0.05) is 29.8 Å². The van der Waals surface area contributed by atoms with Crippen LogP contribution >= 0.6 is 15.9 Å². The molecule has 0 unspecified atom stereocenters. The van der Waals surface area contributed by atoms with Gasteiger partial charge in [0.2, 0.25) is 15.9 Å². The molecule has 1 amide bonds. The van der Waals surface area contributed by atoms with Crippen molar-refractivity contribution in [3.8, 4) is 0 Å². The first-order valence-corrected chi connectivity index (χ1v) is 10.3. The Morgan fingerprint density at radius 3 is 2.50 bits per heavy atom. The molecule has 0 saturated carbocycles. The van der Waals surface area contributed by atoms with E-state index in [9.17, 15) is 13.2 Å². The van der Waals surface area contributed by atoms with Gasteiger partial charge >= 0.3 is 0 Å². The van der Waals surface area contributed by atoms with E-state index in [1.165, 1.54) is 12.1 Å². The van der Waals surface area contributed by atoms with Gasteiger partial charge in [0.15, 0.2) is 0 Å². The molecule has 1 saturated heterocycles. The summed E-state index contributed by atoms with van der Waals surface area (Å²) in [5, 5.41) is 0. The molecule has 1 fully saturated rings. The number of hydrogen-bond acceptors (Lipinski definition) is 4. The number of rotatable bonds is 5. The number of likely N-dealkylation sites (tertiary alicyclic amines) is 1. The molecule has 134 valence electrons. The number of piperidine rings is 1. The van der Waals surface area contributed by atoms with Crippen LogP contribution in [0.1, 0.15) is 26.7 Å². The maximum Gasteiger partial charge on any atom is 0.241 e. The van der Waals surface area contributed by atoms with Gasteiger partial charge in [-0.2, -0.15) is 4.72 Å². The first-order chi connectivity index (χ1) is 11.2. The molecule has 0 radical (unpaired) electrons. The Kier molecular flexibility index (Phi) is 6.41. The molecule has 2 rings (SSSR count). The van der Waals surface area contributed by atoms with Crippen LogP contribution in [0.5, 0.6) is 0 Å². The van der Waals surface area contributed by atoms with Crippen molar-refractivity contribution < 1.29 is 13.2 Å². The van der Waals surface area contributed by atoms with Gasteiger partial charge in [-0.05, 0) is 43.0 Å². The second-order valence-corrected chi connectivity index (χ2v) is 9.11. The third-order valence-electron chi connectivity index (χ3n) is 4.11. The first kappa shape index (κ1) is 19.4. The lowest BCUT2D eigenvalue weighted by atomic mass is 10.0. The van der Waals surface area contributed by atoms with Crippen LogP contribution in [-0.2, 0) is 14.8 Å². The van der Waals surface area contributed by atoms with E-state index >= 15 is 0 Å². The molecule has 1 aromatic rings. The largest absolute Gasteiger partial charge is 0.340 e. The number of nitrogens with two attached hydrogens (primary N) is 1. The van der Waals surface area contributed by atoms with Crippen molar-refractivity contribution in [3.63, 3.8) is 0 Å². The summed E-state index contributed by atoms with van der Waals surface area (Å²) in [6.07, 6.45) is 1.73. The minimum absolute atomic E-state index is 0.0430. The normalized spacial score (nSPS) is 20.2. The van der Waals surface area contributed by atoms with Crippen LogP contribution in [0.3, 0.4) is 0 Å². The Labute approximate surface area is 152 Å². The highest BCUT2D eigenvalue weighted by Gasteiger charge is 2.33. The molecule has 8 heteroatoms. The lowest BCUT2D eigenvalue weighted by molar-refractivity contribution is -0.135. The molecule has 3 N–H and O–H groups in total. The molecule has 0 aliphatic carbocycles. The lowest BCUT2D eigenvalue weighted by Crippen LogP contribution is -2.55. The Hall–Kier alpha value is -0.960. The molecule has 1 aliphatic rings. The fourth-order valence-corrected chi connectivity index (χ4v) is 4.33. The summed E-state index contributed by atoms with van der Waals surface area (Å²) in [6, 6.07) is 5.48. The van der Waals surface area contributed by atoms with E-state index in [0.29, 0.717) is 13.1 Å². The molecule has 1 aliphatic heterocycles. The van der Waals surface area contributed by atoms with E-state index < -0.39 is 16.1 Å². The van der Waals surface area contributed by atoms with Crippen molar-refractivity contribution in [3.05, 3.63) is 28.7 Å². The Morgan fingerprint density at radius 1 is 1.33 bits per heavy atom. The highest BCUT2D eigenvalue weighted by molar-refractivity contribution is 9.10. The number of amides is 1. The van der Waals surface area contributed by atoms with E-state index in [1.807, 2.05) is 13.8 Å². The van der Waals surface area contributed by atoms with E-state index in [1.54, 1.807) is 17.0 Å². The Balaban J connectivity index is 2.18. The van der Waals surface area contributed by atoms with Crippen molar-refractivity contribution in [2.75, 3.05) is 13.1 Å². The van der Waals surface area contributed by atoms with Crippen LogP contribution in [-0.4, -0.2) is 44.4 Å². The maximum absolute atomic E-state index is 12.8. The smallest absolute Gasteiger partial charge is 0.241 e. The zero-order valence-corrected chi connectivity index (χ0v) is 16.3. The van der Waals surface area contributed by atoms with Crippen molar-refractivity contribution in [1.29, 1.82) is 0 Å². The fourth-order valence-electron chi connectivity index (χ4n) is 2.73. The maximum atomic E-state index is 12.8. The number of carbonyl (C=O) groups is 1. The summed E-state index contributed by atoms with van der Waals surface area (Å²) in [5.41, 5.74) is 5.93. The molecule has 0 aromatic heterocycles. The quantitative estimate of drug-likeness (QED) is 0.762. The van der Waals surface area contributed by atoms with Crippen LogP contribution in [0.25, 0.3) is 0 Å². The van der Waals surface area contributed by atoms with Crippen molar-refractivity contribution >= 4 is 31.9 Å². The standard InChI is InChI=1S/C16H24BrN3O3S/c1-11(2)15(16(21)20-9-3-4-13(18)10-20)19-24(22,23)14-7-5-12(17)6-8-14/h5-8,11,13,15,19H,3-4,9-10,18H2,1-2H3/t13-,15+/m0/s1. The predicted octanol–water partition coefficient (Wildman–Crippen LogP) is 1.70. The molecular weight excluding hydrogens is 394 g/mol. The second-order valence-electron chi connectivity index (χ2n) is 6.48. The first-order valence-electron chi connectivity index (χ1n) is 8.03. The van der Waals surface area contributed by atoms with Gasteiger partial charge in [-0.3, -0.25) is 4.79 Å². The minimum Gasteiger partial charge on any atom is -0.340 e. The van der Waals surface area contributed by atoms with Crippen LogP contribution in [0.15, 0.2) is 33.6 Å². The van der Waals surface area contributed by atoms with E-state index in [-0.39, 0.29) is 22.8 Å². The van der Waals surface area contributed by atoms with Crippen molar-refractivity contribution in [2.45, 2.75) is 43.7 Å². The number of halogens is 1. The van der Waals surface area contributed by atoms with Crippen LogP contribution in [0, 0.1) is 5.92 Å². The molecule has 1 heterocycles.